The highest BCUT2D eigenvalue weighted by Crippen LogP contribution is 2.32. The van der Waals surface area contributed by atoms with Crippen molar-refractivity contribution >= 4 is 38.4 Å². The molecule has 0 unspecified atom stereocenters. The number of amides is 1. The third kappa shape index (κ3) is 2.95. The van der Waals surface area contributed by atoms with Gasteiger partial charge in [0.05, 0.1) is 22.5 Å². The van der Waals surface area contributed by atoms with Gasteiger partial charge in [-0.25, -0.2) is 13.4 Å². The van der Waals surface area contributed by atoms with Crippen LogP contribution in [0, 0.1) is 0 Å². The van der Waals surface area contributed by atoms with Gasteiger partial charge >= 0.3 is 0 Å². The summed E-state index contributed by atoms with van der Waals surface area (Å²) < 4.78 is 24.7. The van der Waals surface area contributed by atoms with Crippen LogP contribution in [-0.2, 0) is 16.9 Å². The van der Waals surface area contributed by atoms with E-state index in [0.717, 1.165) is 0 Å². The van der Waals surface area contributed by atoms with Gasteiger partial charge in [-0.1, -0.05) is 11.6 Å². The van der Waals surface area contributed by atoms with E-state index in [2.05, 4.69) is 10.3 Å². The maximum atomic E-state index is 12.6. The molecule has 0 saturated carbocycles. The number of phenolic OH excluding ortho intramolecular Hbond substituents is 1. The van der Waals surface area contributed by atoms with Crippen LogP contribution in [-0.4, -0.2) is 46.0 Å². The first-order valence-corrected chi connectivity index (χ1v) is 9.69. The predicted molar refractivity (Wildman–Crippen MR) is 91.1 cm³/mol. The number of halogens is 1. The zero-order valence-electron chi connectivity index (χ0n) is 13.3. The molecule has 1 aromatic heterocycles. The van der Waals surface area contributed by atoms with E-state index < -0.39 is 21.3 Å². The van der Waals surface area contributed by atoms with E-state index >= 15 is 0 Å². The number of sulfone groups is 1. The Bertz CT molecular complexity index is 922. The summed E-state index contributed by atoms with van der Waals surface area (Å²) >= 11 is 6.09. The summed E-state index contributed by atoms with van der Waals surface area (Å²) in [6.07, 6.45) is 0.735. The molecule has 1 amide bonds. The first kappa shape index (κ1) is 17.0. The van der Waals surface area contributed by atoms with Crippen molar-refractivity contribution in [2.24, 2.45) is 7.05 Å². The second-order valence-corrected chi connectivity index (χ2v) is 9.11. The van der Waals surface area contributed by atoms with Crippen LogP contribution in [0.1, 0.15) is 30.4 Å². The molecular formula is C15H18ClN3O4S. The van der Waals surface area contributed by atoms with Crippen LogP contribution >= 0.6 is 11.6 Å². The molecule has 130 valence electrons. The van der Waals surface area contributed by atoms with Crippen molar-refractivity contribution in [3.8, 4) is 5.75 Å². The predicted octanol–water partition coefficient (Wildman–Crippen LogP) is 1.63. The van der Waals surface area contributed by atoms with Crippen LogP contribution in [0.2, 0.25) is 5.02 Å². The van der Waals surface area contributed by atoms with Gasteiger partial charge in [-0.15, -0.1) is 0 Å². The van der Waals surface area contributed by atoms with Crippen molar-refractivity contribution in [2.45, 2.75) is 25.3 Å². The molecule has 2 aromatic rings. The van der Waals surface area contributed by atoms with Crippen LogP contribution in [0.3, 0.4) is 0 Å². The van der Waals surface area contributed by atoms with Crippen molar-refractivity contribution in [3.05, 3.63) is 23.0 Å². The van der Waals surface area contributed by atoms with E-state index in [9.17, 15) is 18.3 Å². The lowest BCUT2D eigenvalue weighted by Gasteiger charge is -2.34. The average molecular weight is 372 g/mol. The molecule has 1 aromatic carbocycles. The molecule has 0 spiro atoms. The molecule has 2 heterocycles. The number of aromatic hydroxyl groups is 1. The van der Waals surface area contributed by atoms with Gasteiger partial charge in [-0.05, 0) is 31.9 Å². The van der Waals surface area contributed by atoms with Gasteiger partial charge in [0.15, 0.2) is 5.82 Å². The molecule has 0 atom stereocenters. The molecule has 1 aliphatic rings. The minimum absolute atomic E-state index is 0.0615. The van der Waals surface area contributed by atoms with Crippen molar-refractivity contribution in [2.75, 3.05) is 11.5 Å². The SMILES string of the molecule is Cn1c(C(=O)NC2(C)CCS(=O)(=O)CC2)nc2ccc(O)c(Cl)c21. The molecule has 7 nitrogen and oxygen atoms in total. The number of nitrogens with zero attached hydrogens (tertiary/aromatic N) is 2. The minimum Gasteiger partial charge on any atom is -0.506 e. The van der Waals surface area contributed by atoms with Crippen molar-refractivity contribution < 1.29 is 18.3 Å². The molecule has 0 bridgehead atoms. The number of hydrogen-bond donors (Lipinski definition) is 2. The number of carbonyl (C=O) groups is 1. The van der Waals surface area contributed by atoms with Crippen LogP contribution in [0.4, 0.5) is 0 Å². The third-order valence-corrected chi connectivity index (χ3v) is 6.53. The number of aromatic nitrogens is 2. The fraction of sp³-hybridized carbons (Fsp3) is 0.467. The molecule has 1 saturated heterocycles. The monoisotopic (exact) mass is 371 g/mol. The Hall–Kier alpha value is -1.80. The average Bonchev–Trinajstić information content (AvgIpc) is 2.85. The van der Waals surface area contributed by atoms with Crippen molar-refractivity contribution in [1.82, 2.24) is 14.9 Å². The first-order valence-electron chi connectivity index (χ1n) is 7.49. The van der Waals surface area contributed by atoms with E-state index in [1.807, 2.05) is 6.92 Å². The zero-order chi connectivity index (χ0) is 17.7. The molecule has 2 N–H and O–H groups in total. The fourth-order valence-corrected chi connectivity index (χ4v) is 4.91. The Morgan fingerprint density at radius 2 is 2.00 bits per heavy atom. The van der Waals surface area contributed by atoms with Gasteiger partial charge in [-0.3, -0.25) is 4.79 Å². The number of phenols is 1. The highest BCUT2D eigenvalue weighted by molar-refractivity contribution is 7.91. The smallest absolute Gasteiger partial charge is 0.287 e. The standard InChI is InChI=1S/C15H18ClN3O4S/c1-15(5-7-24(22,23)8-6-15)18-14(21)13-17-9-3-4-10(20)11(16)12(9)19(13)2/h3-4,20H,5-8H2,1-2H3,(H,18,21). The van der Waals surface area contributed by atoms with Gasteiger partial charge in [-0.2, -0.15) is 0 Å². The number of rotatable bonds is 2. The Balaban J connectivity index is 1.90. The molecule has 0 aliphatic carbocycles. The van der Waals surface area contributed by atoms with E-state index in [0.29, 0.717) is 23.9 Å². The lowest BCUT2D eigenvalue weighted by atomic mass is 9.95. The topological polar surface area (TPSA) is 101 Å². The van der Waals surface area contributed by atoms with E-state index in [1.54, 1.807) is 13.1 Å². The van der Waals surface area contributed by atoms with Crippen LogP contribution in [0.15, 0.2) is 12.1 Å². The lowest BCUT2D eigenvalue weighted by Crippen LogP contribution is -2.51. The Morgan fingerprint density at radius 3 is 2.62 bits per heavy atom. The van der Waals surface area contributed by atoms with Gasteiger partial charge in [0.25, 0.3) is 5.91 Å². The van der Waals surface area contributed by atoms with Crippen molar-refractivity contribution in [1.29, 1.82) is 0 Å². The second-order valence-electron chi connectivity index (χ2n) is 6.43. The van der Waals surface area contributed by atoms with Crippen LogP contribution in [0.25, 0.3) is 11.0 Å². The van der Waals surface area contributed by atoms with E-state index in [4.69, 9.17) is 11.6 Å². The highest BCUT2D eigenvalue weighted by atomic mass is 35.5. The second kappa shape index (κ2) is 5.63. The normalized spacial score (nSPS) is 19.3. The zero-order valence-corrected chi connectivity index (χ0v) is 14.9. The third-order valence-electron chi connectivity index (χ3n) is 4.50. The molecule has 0 radical (unpaired) electrons. The Morgan fingerprint density at radius 1 is 1.38 bits per heavy atom. The summed E-state index contributed by atoms with van der Waals surface area (Å²) in [5, 5.41) is 12.7. The molecule has 1 fully saturated rings. The highest BCUT2D eigenvalue weighted by Gasteiger charge is 2.35. The maximum absolute atomic E-state index is 12.6. The van der Waals surface area contributed by atoms with Gasteiger partial charge < -0.3 is 15.0 Å². The Kier molecular flexibility index (Phi) is 4.00. The summed E-state index contributed by atoms with van der Waals surface area (Å²) in [6, 6.07) is 3.01. The molecule has 1 aliphatic heterocycles. The van der Waals surface area contributed by atoms with Crippen LogP contribution < -0.4 is 5.32 Å². The summed E-state index contributed by atoms with van der Waals surface area (Å²) in [5.41, 5.74) is 0.381. The van der Waals surface area contributed by atoms with Crippen molar-refractivity contribution in [3.63, 3.8) is 0 Å². The molecule has 3 rings (SSSR count). The van der Waals surface area contributed by atoms with Gasteiger partial charge in [0.2, 0.25) is 0 Å². The number of fused-ring (bicyclic) bond motifs is 1. The summed E-state index contributed by atoms with van der Waals surface area (Å²) in [6.45, 7) is 1.83. The number of aryl methyl sites for hydroxylation is 1. The van der Waals surface area contributed by atoms with Gasteiger partial charge in [0, 0.05) is 12.6 Å². The molecule has 24 heavy (non-hydrogen) atoms. The summed E-state index contributed by atoms with van der Waals surface area (Å²) in [7, 11) is -1.37. The quantitative estimate of drug-likeness (QED) is 0.835. The minimum atomic E-state index is -3.01. The Labute approximate surface area is 144 Å². The number of nitrogens with one attached hydrogen (secondary N) is 1. The van der Waals surface area contributed by atoms with Crippen LogP contribution in [0.5, 0.6) is 5.75 Å². The summed E-state index contributed by atoms with van der Waals surface area (Å²) in [5.74, 6) is -0.195. The fourth-order valence-electron chi connectivity index (χ4n) is 2.89. The number of carbonyl (C=O) groups excluding carboxylic acids is 1. The number of imidazole rings is 1. The number of benzene rings is 1. The first-order chi connectivity index (χ1) is 11.1. The molecular weight excluding hydrogens is 354 g/mol. The maximum Gasteiger partial charge on any atom is 0.287 e. The van der Waals surface area contributed by atoms with E-state index in [-0.39, 0.29) is 28.1 Å². The summed E-state index contributed by atoms with van der Waals surface area (Å²) in [4.78, 5) is 16.9. The van der Waals surface area contributed by atoms with E-state index in [1.165, 1.54) is 10.6 Å². The largest absolute Gasteiger partial charge is 0.506 e. The number of hydrogen-bond acceptors (Lipinski definition) is 5. The lowest BCUT2D eigenvalue weighted by molar-refractivity contribution is 0.0886. The molecule has 9 heteroatoms. The van der Waals surface area contributed by atoms with Gasteiger partial charge in [0.1, 0.15) is 20.6 Å².